The molecule has 4 nitrogen and oxygen atoms in total. The predicted molar refractivity (Wildman–Crippen MR) is 52.1 cm³/mol. The fraction of sp³-hybridized carbons (Fsp3) is 0.857. The zero-order valence-corrected chi connectivity index (χ0v) is 9.11. The average molecular weight is 285 g/mol. The zero-order chi connectivity index (χ0) is 8.97. The molecule has 0 bridgehead atoms. The van der Waals surface area contributed by atoms with E-state index in [0.717, 1.165) is 26.1 Å². The summed E-state index contributed by atoms with van der Waals surface area (Å²) in [6.45, 7) is 1.48. The van der Waals surface area contributed by atoms with Gasteiger partial charge in [-0.15, -0.1) is 0 Å². The van der Waals surface area contributed by atoms with Gasteiger partial charge in [0.25, 0.3) is 0 Å². The first kappa shape index (κ1) is 10.0. The molecule has 0 spiro atoms. The Bertz CT molecular complexity index is 159. The van der Waals surface area contributed by atoms with E-state index < -0.39 is 0 Å². The van der Waals surface area contributed by atoms with Gasteiger partial charge in [-0.1, -0.05) is 0 Å². The molecule has 0 radical (unpaired) electrons. The highest BCUT2D eigenvalue weighted by atomic mass is 127. The van der Waals surface area contributed by atoms with Crippen LogP contribution >= 0.6 is 23.0 Å². The van der Waals surface area contributed by atoms with Gasteiger partial charge in [0.2, 0.25) is 0 Å². The quantitative estimate of drug-likeness (QED) is 0.687. The van der Waals surface area contributed by atoms with Crippen LogP contribution in [0.4, 0.5) is 4.79 Å². The minimum atomic E-state index is -0.275. The maximum Gasteiger partial charge on any atom is 0.419 e. The van der Waals surface area contributed by atoms with Gasteiger partial charge in [-0.2, -0.15) is 0 Å². The van der Waals surface area contributed by atoms with Crippen molar-refractivity contribution in [1.29, 1.82) is 0 Å². The number of amides is 1. The van der Waals surface area contributed by atoms with Crippen molar-refractivity contribution in [2.75, 3.05) is 20.3 Å². The summed E-state index contributed by atoms with van der Waals surface area (Å²) < 4.78 is 9.76. The first-order chi connectivity index (χ1) is 5.75. The van der Waals surface area contributed by atoms with E-state index in [1.807, 2.05) is 0 Å². The molecule has 1 heterocycles. The van der Waals surface area contributed by atoms with Gasteiger partial charge in [0.05, 0.1) is 0 Å². The van der Waals surface area contributed by atoms with E-state index in [9.17, 15) is 4.79 Å². The zero-order valence-electron chi connectivity index (χ0n) is 6.96. The monoisotopic (exact) mass is 285 g/mol. The highest BCUT2D eigenvalue weighted by Gasteiger charge is 2.22. The van der Waals surface area contributed by atoms with Crippen LogP contribution in [0.15, 0.2) is 0 Å². The molecule has 0 aliphatic carbocycles. The van der Waals surface area contributed by atoms with Crippen molar-refractivity contribution in [3.8, 4) is 0 Å². The second kappa shape index (κ2) is 4.86. The molecule has 1 aliphatic rings. The lowest BCUT2D eigenvalue weighted by molar-refractivity contribution is 0.0477. The summed E-state index contributed by atoms with van der Waals surface area (Å²) in [6, 6.07) is 0.279. The summed E-state index contributed by atoms with van der Waals surface area (Å²) in [5.41, 5.74) is 0. The maximum absolute atomic E-state index is 11.1. The fourth-order valence-electron chi connectivity index (χ4n) is 1.28. The van der Waals surface area contributed by atoms with E-state index in [4.69, 9.17) is 4.74 Å². The van der Waals surface area contributed by atoms with Gasteiger partial charge in [0.1, 0.15) is 0 Å². The lowest BCUT2D eigenvalue weighted by Crippen LogP contribution is -2.39. The first-order valence-electron chi connectivity index (χ1n) is 3.89. The summed E-state index contributed by atoms with van der Waals surface area (Å²) in [4.78, 5) is 12.7. The molecule has 1 rings (SSSR count). The highest BCUT2D eigenvalue weighted by Crippen LogP contribution is 2.14. The van der Waals surface area contributed by atoms with Gasteiger partial charge in [-0.3, -0.25) is 0 Å². The Morgan fingerprint density at radius 1 is 1.58 bits per heavy atom. The fourth-order valence-corrected chi connectivity index (χ4v) is 1.59. The van der Waals surface area contributed by atoms with E-state index in [1.54, 1.807) is 35.0 Å². The summed E-state index contributed by atoms with van der Waals surface area (Å²) in [5, 5.41) is 0. The van der Waals surface area contributed by atoms with Crippen molar-refractivity contribution in [2.45, 2.75) is 18.9 Å². The van der Waals surface area contributed by atoms with E-state index in [-0.39, 0.29) is 12.1 Å². The smallest absolute Gasteiger partial charge is 0.381 e. The minimum Gasteiger partial charge on any atom is -0.381 e. The van der Waals surface area contributed by atoms with Crippen LogP contribution in [0, 0.1) is 0 Å². The van der Waals surface area contributed by atoms with Crippen LogP contribution in [-0.2, 0) is 7.80 Å². The lowest BCUT2D eigenvalue weighted by Gasteiger charge is -2.29. The third-order valence-corrected chi connectivity index (χ3v) is 2.47. The van der Waals surface area contributed by atoms with Crippen LogP contribution in [0.2, 0.25) is 0 Å². The third kappa shape index (κ3) is 2.48. The van der Waals surface area contributed by atoms with E-state index in [0.29, 0.717) is 0 Å². The Morgan fingerprint density at radius 3 is 2.67 bits per heavy atom. The van der Waals surface area contributed by atoms with Gasteiger partial charge in [0, 0.05) is 26.3 Å². The van der Waals surface area contributed by atoms with Crippen LogP contribution in [0.5, 0.6) is 0 Å². The summed E-state index contributed by atoms with van der Waals surface area (Å²) in [6.07, 6.45) is 1.53. The molecule has 0 aromatic heterocycles. The molecule has 12 heavy (non-hydrogen) atoms. The van der Waals surface area contributed by atoms with Crippen molar-refractivity contribution in [3.05, 3.63) is 0 Å². The number of carbonyl (C=O) groups is 1. The Labute approximate surface area is 85.9 Å². The summed E-state index contributed by atoms with van der Waals surface area (Å²) in [5.74, 6) is 0. The number of hydrogen-bond donors (Lipinski definition) is 0. The number of carbonyl (C=O) groups excluding carboxylic acids is 1. The van der Waals surface area contributed by atoms with Crippen molar-refractivity contribution in [2.24, 2.45) is 0 Å². The molecule has 0 aromatic carbocycles. The molecule has 0 N–H and O–H groups in total. The third-order valence-electron chi connectivity index (χ3n) is 2.09. The SMILES string of the molecule is CN(C(=O)OI)C1CCOCC1. The van der Waals surface area contributed by atoms with Crippen LogP contribution in [0.1, 0.15) is 12.8 Å². The number of hydrogen-bond acceptors (Lipinski definition) is 3. The highest BCUT2D eigenvalue weighted by molar-refractivity contribution is 14.1. The van der Waals surface area contributed by atoms with Gasteiger partial charge in [-0.25, -0.2) is 4.79 Å². The molecule has 0 unspecified atom stereocenters. The predicted octanol–water partition coefficient (Wildman–Crippen LogP) is 1.58. The Morgan fingerprint density at radius 2 is 2.17 bits per heavy atom. The molecular weight excluding hydrogens is 273 g/mol. The Balaban J connectivity index is 2.39. The second-order valence-electron chi connectivity index (χ2n) is 2.80. The normalized spacial score (nSPS) is 18.8. The van der Waals surface area contributed by atoms with Gasteiger partial charge in [0.15, 0.2) is 23.0 Å². The Hall–Kier alpha value is -0.0400. The van der Waals surface area contributed by atoms with Crippen LogP contribution in [0.25, 0.3) is 0 Å². The van der Waals surface area contributed by atoms with Crippen LogP contribution in [-0.4, -0.2) is 37.3 Å². The first-order valence-corrected chi connectivity index (χ1v) is 4.77. The van der Waals surface area contributed by atoms with Crippen molar-refractivity contribution < 1.29 is 12.6 Å². The molecule has 70 valence electrons. The molecule has 1 amide bonds. The van der Waals surface area contributed by atoms with Crippen molar-refractivity contribution >= 4 is 29.1 Å². The number of ether oxygens (including phenoxy) is 1. The number of halogens is 1. The standard InChI is InChI=1S/C7H12INO3/c1-9(7(10)12-8)6-2-4-11-5-3-6/h6H,2-5H2,1H3. The number of nitrogens with zero attached hydrogens (tertiary/aromatic N) is 1. The van der Waals surface area contributed by atoms with Crippen LogP contribution < -0.4 is 0 Å². The summed E-state index contributed by atoms with van der Waals surface area (Å²) >= 11 is 1.60. The minimum absolute atomic E-state index is 0.275. The topological polar surface area (TPSA) is 38.8 Å². The molecular formula is C7H12INO3. The molecule has 1 aliphatic heterocycles. The molecule has 5 heteroatoms. The maximum atomic E-state index is 11.1. The molecule has 0 saturated carbocycles. The Kier molecular flexibility index (Phi) is 4.07. The number of rotatable bonds is 1. The van der Waals surface area contributed by atoms with E-state index >= 15 is 0 Å². The van der Waals surface area contributed by atoms with Gasteiger partial charge >= 0.3 is 6.09 Å². The average Bonchev–Trinajstić information content (AvgIpc) is 2.17. The molecule has 1 saturated heterocycles. The van der Waals surface area contributed by atoms with Gasteiger partial charge < -0.3 is 12.7 Å². The van der Waals surface area contributed by atoms with E-state index in [2.05, 4.69) is 3.07 Å². The van der Waals surface area contributed by atoms with Crippen molar-refractivity contribution in [1.82, 2.24) is 4.90 Å². The molecule has 0 aromatic rings. The van der Waals surface area contributed by atoms with Gasteiger partial charge in [-0.05, 0) is 12.8 Å². The van der Waals surface area contributed by atoms with Crippen LogP contribution in [0.3, 0.4) is 0 Å². The largest absolute Gasteiger partial charge is 0.419 e. The van der Waals surface area contributed by atoms with E-state index in [1.165, 1.54) is 0 Å². The second-order valence-corrected chi connectivity index (χ2v) is 3.24. The molecule has 1 fully saturated rings. The summed E-state index contributed by atoms with van der Waals surface area (Å²) in [7, 11) is 1.76. The molecule has 0 atom stereocenters. The lowest BCUT2D eigenvalue weighted by atomic mass is 10.1. The van der Waals surface area contributed by atoms with Crippen molar-refractivity contribution in [3.63, 3.8) is 0 Å².